The fourth-order valence-electron chi connectivity index (χ4n) is 3.52. The highest BCUT2D eigenvalue weighted by atomic mass is 16.5. The molecular formula is C22H33N5O. The number of benzene rings is 1. The Morgan fingerprint density at radius 1 is 1.32 bits per heavy atom. The number of hydrogen-bond donors (Lipinski definition) is 1. The van der Waals surface area contributed by atoms with Gasteiger partial charge in [-0.2, -0.15) is 5.10 Å². The molecule has 0 aliphatic carbocycles. The van der Waals surface area contributed by atoms with Crippen LogP contribution in [-0.2, 0) is 24.9 Å². The maximum atomic E-state index is 5.89. The third kappa shape index (κ3) is 5.58. The zero-order valence-corrected chi connectivity index (χ0v) is 17.8. The number of ether oxygens (including phenoxy) is 1. The molecule has 1 saturated heterocycles. The van der Waals surface area contributed by atoms with Crippen molar-refractivity contribution in [1.29, 1.82) is 0 Å². The van der Waals surface area contributed by atoms with Gasteiger partial charge in [-0.05, 0) is 43.9 Å². The molecule has 1 unspecified atom stereocenters. The van der Waals surface area contributed by atoms with Gasteiger partial charge in [-0.1, -0.05) is 24.3 Å². The molecule has 1 N–H and O–H groups in total. The van der Waals surface area contributed by atoms with Gasteiger partial charge in [0.15, 0.2) is 5.96 Å². The average Bonchev–Trinajstić information content (AvgIpc) is 3.30. The van der Waals surface area contributed by atoms with Crippen LogP contribution in [-0.4, -0.2) is 46.4 Å². The molecule has 1 aliphatic heterocycles. The number of likely N-dealkylation sites (tertiary alicyclic amines) is 1. The van der Waals surface area contributed by atoms with E-state index in [0.29, 0.717) is 12.5 Å². The maximum Gasteiger partial charge on any atom is 0.193 e. The number of aromatic nitrogens is 2. The van der Waals surface area contributed by atoms with Crippen LogP contribution in [0.3, 0.4) is 0 Å². The molecule has 0 spiro atoms. The first-order valence-electron chi connectivity index (χ1n) is 10.00. The van der Waals surface area contributed by atoms with E-state index in [1.165, 1.54) is 16.7 Å². The lowest BCUT2D eigenvalue weighted by Crippen LogP contribution is -2.39. The molecule has 1 aromatic heterocycles. The molecule has 1 atom stereocenters. The normalized spacial score (nSPS) is 18.0. The third-order valence-corrected chi connectivity index (χ3v) is 5.01. The Morgan fingerprint density at radius 3 is 2.79 bits per heavy atom. The van der Waals surface area contributed by atoms with Gasteiger partial charge < -0.3 is 15.0 Å². The lowest BCUT2D eigenvalue weighted by Gasteiger charge is -2.22. The van der Waals surface area contributed by atoms with Crippen molar-refractivity contribution in [1.82, 2.24) is 20.0 Å². The zero-order chi connectivity index (χ0) is 20.1. The van der Waals surface area contributed by atoms with Gasteiger partial charge in [0, 0.05) is 45.8 Å². The summed E-state index contributed by atoms with van der Waals surface area (Å²) in [5.41, 5.74) is 3.62. The molecule has 1 aromatic carbocycles. The van der Waals surface area contributed by atoms with Crippen molar-refractivity contribution in [3.63, 3.8) is 0 Å². The molecule has 2 aromatic rings. The Balaban J connectivity index is 1.54. The Kier molecular flexibility index (Phi) is 6.39. The lowest BCUT2D eigenvalue weighted by molar-refractivity contribution is -0.0149. The van der Waals surface area contributed by atoms with Crippen molar-refractivity contribution in [2.24, 2.45) is 12.0 Å². The predicted octanol–water partition coefficient (Wildman–Crippen LogP) is 3.30. The van der Waals surface area contributed by atoms with E-state index in [0.717, 1.165) is 32.0 Å². The van der Waals surface area contributed by atoms with Gasteiger partial charge in [0.1, 0.15) is 0 Å². The highest BCUT2D eigenvalue weighted by Gasteiger charge is 2.26. The predicted molar refractivity (Wildman–Crippen MR) is 113 cm³/mol. The van der Waals surface area contributed by atoms with Crippen LogP contribution in [0.25, 0.3) is 0 Å². The molecule has 28 heavy (non-hydrogen) atoms. The summed E-state index contributed by atoms with van der Waals surface area (Å²) in [6.07, 6.45) is 5.23. The van der Waals surface area contributed by atoms with Gasteiger partial charge in [-0.25, -0.2) is 0 Å². The Labute approximate surface area is 168 Å². The summed E-state index contributed by atoms with van der Waals surface area (Å²) in [7, 11) is 3.82. The van der Waals surface area contributed by atoms with Crippen molar-refractivity contribution in [2.45, 2.75) is 51.9 Å². The minimum Gasteiger partial charge on any atom is -0.371 e. The second-order valence-electron chi connectivity index (χ2n) is 8.50. The van der Waals surface area contributed by atoms with E-state index in [2.05, 4.69) is 71.5 Å². The van der Waals surface area contributed by atoms with E-state index in [9.17, 15) is 0 Å². The monoisotopic (exact) mass is 383 g/mol. The molecule has 152 valence electrons. The Morgan fingerprint density at radius 2 is 2.11 bits per heavy atom. The molecular weight excluding hydrogens is 350 g/mol. The van der Waals surface area contributed by atoms with Crippen LogP contribution in [0.15, 0.2) is 41.7 Å². The van der Waals surface area contributed by atoms with E-state index in [-0.39, 0.29) is 5.60 Å². The first-order chi connectivity index (χ1) is 13.3. The van der Waals surface area contributed by atoms with E-state index in [1.807, 2.05) is 25.0 Å². The molecule has 0 bridgehead atoms. The van der Waals surface area contributed by atoms with Crippen LogP contribution < -0.4 is 5.32 Å². The zero-order valence-electron chi connectivity index (χ0n) is 17.8. The third-order valence-electron chi connectivity index (χ3n) is 5.01. The van der Waals surface area contributed by atoms with Gasteiger partial charge in [-0.3, -0.25) is 9.67 Å². The summed E-state index contributed by atoms with van der Waals surface area (Å²) in [5, 5.41) is 7.83. The van der Waals surface area contributed by atoms with Crippen molar-refractivity contribution < 1.29 is 4.74 Å². The van der Waals surface area contributed by atoms with Crippen molar-refractivity contribution in [2.75, 3.05) is 20.1 Å². The lowest BCUT2D eigenvalue weighted by atomic mass is 10.0. The summed E-state index contributed by atoms with van der Waals surface area (Å²) in [6, 6.07) is 8.55. The molecule has 0 saturated carbocycles. The summed E-state index contributed by atoms with van der Waals surface area (Å²) >= 11 is 0. The number of guanidine groups is 1. The second-order valence-corrected chi connectivity index (χ2v) is 8.50. The number of aryl methyl sites for hydroxylation is 1. The molecule has 2 heterocycles. The van der Waals surface area contributed by atoms with Crippen LogP contribution in [0, 0.1) is 0 Å². The molecule has 1 fully saturated rings. The molecule has 1 aliphatic rings. The van der Waals surface area contributed by atoms with Crippen LogP contribution in [0.2, 0.25) is 0 Å². The van der Waals surface area contributed by atoms with Crippen molar-refractivity contribution >= 4 is 5.96 Å². The molecule has 0 amide bonds. The highest BCUT2D eigenvalue weighted by molar-refractivity contribution is 5.80. The number of nitrogens with zero attached hydrogens (tertiary/aromatic N) is 4. The van der Waals surface area contributed by atoms with Gasteiger partial charge >= 0.3 is 0 Å². The molecule has 3 rings (SSSR count). The minimum atomic E-state index is -0.128. The summed E-state index contributed by atoms with van der Waals surface area (Å²) in [5.74, 6) is 1.48. The summed E-state index contributed by atoms with van der Waals surface area (Å²) in [6.45, 7) is 9.62. The smallest absolute Gasteiger partial charge is 0.193 e. The van der Waals surface area contributed by atoms with E-state index >= 15 is 0 Å². The largest absolute Gasteiger partial charge is 0.371 e. The highest BCUT2D eigenvalue weighted by Crippen LogP contribution is 2.26. The first-order valence-corrected chi connectivity index (χ1v) is 10.00. The van der Waals surface area contributed by atoms with E-state index in [4.69, 9.17) is 4.74 Å². The molecule has 6 nitrogen and oxygen atoms in total. The average molecular weight is 384 g/mol. The fraction of sp³-hybridized carbons (Fsp3) is 0.545. The number of nitrogens with one attached hydrogen (secondary N) is 1. The van der Waals surface area contributed by atoms with Gasteiger partial charge in [0.25, 0.3) is 0 Å². The number of hydrogen-bond acceptors (Lipinski definition) is 3. The quantitative estimate of drug-likeness (QED) is 0.636. The van der Waals surface area contributed by atoms with Crippen LogP contribution >= 0.6 is 0 Å². The van der Waals surface area contributed by atoms with Crippen molar-refractivity contribution in [3.8, 4) is 0 Å². The van der Waals surface area contributed by atoms with Gasteiger partial charge in [-0.15, -0.1) is 0 Å². The van der Waals surface area contributed by atoms with Gasteiger partial charge in [0.05, 0.1) is 18.4 Å². The molecule has 6 heteroatoms. The SMILES string of the molecule is CN=C(NCc1cccc(COC(C)(C)C)c1)N1CCC(c2cnn(C)c2)C1. The topological polar surface area (TPSA) is 54.7 Å². The van der Waals surface area contributed by atoms with Crippen molar-refractivity contribution in [3.05, 3.63) is 53.3 Å². The van der Waals surface area contributed by atoms with Crippen LogP contribution in [0.4, 0.5) is 0 Å². The Bertz CT molecular complexity index is 805. The van der Waals surface area contributed by atoms with E-state index in [1.54, 1.807) is 0 Å². The Hall–Kier alpha value is -2.34. The van der Waals surface area contributed by atoms with E-state index < -0.39 is 0 Å². The maximum absolute atomic E-state index is 5.89. The van der Waals surface area contributed by atoms with Gasteiger partial charge in [0.2, 0.25) is 0 Å². The first kappa shape index (κ1) is 20.4. The molecule has 0 radical (unpaired) electrons. The minimum absolute atomic E-state index is 0.128. The fourth-order valence-corrected chi connectivity index (χ4v) is 3.52. The van der Waals surface area contributed by atoms with Crippen LogP contribution in [0.5, 0.6) is 0 Å². The van der Waals surface area contributed by atoms with Crippen LogP contribution in [0.1, 0.15) is 49.8 Å². The standard InChI is InChI=1S/C22H33N5O/c1-22(2,3)28-16-18-8-6-7-17(11-18)12-24-21(23-4)27-10-9-19(15-27)20-13-25-26(5)14-20/h6-8,11,13-14,19H,9-10,12,15-16H2,1-5H3,(H,23,24). The number of aliphatic imine (C=N–C) groups is 1. The summed E-state index contributed by atoms with van der Waals surface area (Å²) < 4.78 is 7.77. The summed E-state index contributed by atoms with van der Waals surface area (Å²) in [4.78, 5) is 6.83. The number of rotatable bonds is 5. The second kappa shape index (κ2) is 8.78.